The maximum absolute atomic E-state index is 15.2. The summed E-state index contributed by atoms with van der Waals surface area (Å²) in [5.41, 5.74) is 0.665. The van der Waals surface area contributed by atoms with Crippen molar-refractivity contribution in [2.24, 2.45) is 0 Å². The summed E-state index contributed by atoms with van der Waals surface area (Å²) in [5.74, 6) is -0.813. The summed E-state index contributed by atoms with van der Waals surface area (Å²) in [6.45, 7) is 7.92. The van der Waals surface area contributed by atoms with Crippen molar-refractivity contribution in [2.45, 2.75) is 51.9 Å². The summed E-state index contributed by atoms with van der Waals surface area (Å²) >= 11 is 0. The maximum atomic E-state index is 15.2. The lowest BCUT2D eigenvalue weighted by atomic mass is 9.77. The van der Waals surface area contributed by atoms with Gasteiger partial charge in [-0.1, -0.05) is 42.5 Å². The molecular formula is C24H25BFNO4. The molecule has 0 atom stereocenters. The van der Waals surface area contributed by atoms with Crippen LogP contribution in [0.1, 0.15) is 39.0 Å². The summed E-state index contributed by atoms with van der Waals surface area (Å²) < 4.78 is 32.5. The van der Waals surface area contributed by atoms with Gasteiger partial charge in [-0.05, 0) is 44.7 Å². The second-order valence-corrected chi connectivity index (χ2v) is 8.78. The Hall–Kier alpha value is -2.77. The first-order valence-electron chi connectivity index (χ1n) is 10.3. The molecule has 4 rings (SSSR count). The topological polar surface area (TPSA) is 57.7 Å². The summed E-state index contributed by atoms with van der Waals surface area (Å²) in [6, 6.07) is 14.6. The molecule has 0 amide bonds. The fourth-order valence-corrected chi connectivity index (χ4v) is 3.43. The molecule has 1 aliphatic rings. The minimum absolute atomic E-state index is 0.0172. The Balaban J connectivity index is 1.49. The van der Waals surface area contributed by atoms with Crippen molar-refractivity contribution in [1.82, 2.24) is 4.98 Å². The minimum Gasteiger partial charge on any atom is -0.461 e. The predicted molar refractivity (Wildman–Crippen MR) is 117 cm³/mol. The van der Waals surface area contributed by atoms with Crippen LogP contribution in [0.5, 0.6) is 0 Å². The van der Waals surface area contributed by atoms with E-state index in [2.05, 4.69) is 4.98 Å². The predicted octanol–water partition coefficient (Wildman–Crippen LogP) is 3.96. The van der Waals surface area contributed by atoms with E-state index in [9.17, 15) is 4.79 Å². The van der Waals surface area contributed by atoms with Crippen LogP contribution in [0.15, 0.2) is 54.7 Å². The van der Waals surface area contributed by atoms with Gasteiger partial charge in [0.15, 0.2) is 0 Å². The standard InChI is InChI=1S/C24H25BFNO4/c1-23(2)24(3,4)31-25(30-23)20-11-10-17-12-18(27-14-19(17)22(20)26)13-21(28)29-15-16-8-6-5-7-9-16/h5-12,14H,13,15H2,1-4H3. The van der Waals surface area contributed by atoms with Gasteiger partial charge >= 0.3 is 13.1 Å². The Bertz CT molecular complexity index is 1100. The van der Waals surface area contributed by atoms with E-state index in [4.69, 9.17) is 14.0 Å². The number of hydrogen-bond donors (Lipinski definition) is 0. The van der Waals surface area contributed by atoms with Crippen LogP contribution in [0.3, 0.4) is 0 Å². The Kier molecular flexibility index (Phi) is 5.58. The van der Waals surface area contributed by atoms with Crippen LogP contribution < -0.4 is 5.46 Å². The number of nitrogens with zero attached hydrogens (tertiary/aromatic N) is 1. The third kappa shape index (κ3) is 4.34. The fourth-order valence-electron chi connectivity index (χ4n) is 3.43. The molecule has 0 unspecified atom stereocenters. The molecule has 1 saturated heterocycles. The van der Waals surface area contributed by atoms with Crippen LogP contribution >= 0.6 is 0 Å². The molecule has 0 bridgehead atoms. The molecular weight excluding hydrogens is 396 g/mol. The van der Waals surface area contributed by atoms with E-state index in [-0.39, 0.29) is 19.0 Å². The third-order valence-corrected chi connectivity index (χ3v) is 6.00. The summed E-state index contributed by atoms with van der Waals surface area (Å²) in [6.07, 6.45) is 1.46. The van der Waals surface area contributed by atoms with Crippen molar-refractivity contribution in [3.05, 3.63) is 71.8 Å². The van der Waals surface area contributed by atoms with Gasteiger partial charge in [0.1, 0.15) is 12.4 Å². The number of carbonyl (C=O) groups is 1. The molecule has 31 heavy (non-hydrogen) atoms. The molecule has 1 fully saturated rings. The van der Waals surface area contributed by atoms with Crippen molar-refractivity contribution in [3.8, 4) is 0 Å². The van der Waals surface area contributed by atoms with Gasteiger partial charge in [-0.25, -0.2) is 4.39 Å². The van der Waals surface area contributed by atoms with Crippen molar-refractivity contribution in [2.75, 3.05) is 0 Å². The van der Waals surface area contributed by atoms with Gasteiger partial charge in [0, 0.05) is 17.0 Å². The van der Waals surface area contributed by atoms with Gasteiger partial charge in [0.05, 0.1) is 23.3 Å². The molecule has 0 saturated carbocycles. The Morgan fingerprint density at radius 2 is 1.74 bits per heavy atom. The van der Waals surface area contributed by atoms with Crippen molar-refractivity contribution in [1.29, 1.82) is 0 Å². The Morgan fingerprint density at radius 3 is 2.42 bits per heavy atom. The monoisotopic (exact) mass is 421 g/mol. The molecule has 7 heteroatoms. The molecule has 2 aromatic carbocycles. The van der Waals surface area contributed by atoms with E-state index in [1.165, 1.54) is 6.20 Å². The van der Waals surface area contributed by atoms with Gasteiger partial charge in [-0.3, -0.25) is 9.78 Å². The minimum atomic E-state index is -0.790. The van der Waals surface area contributed by atoms with Gasteiger partial charge < -0.3 is 14.0 Å². The number of fused-ring (bicyclic) bond motifs is 1. The number of ether oxygens (including phenoxy) is 1. The number of pyridine rings is 1. The van der Waals surface area contributed by atoms with Crippen LogP contribution in [0, 0.1) is 5.82 Å². The fraction of sp³-hybridized carbons (Fsp3) is 0.333. The summed E-state index contributed by atoms with van der Waals surface area (Å²) in [7, 11) is -0.790. The molecule has 1 aromatic heterocycles. The van der Waals surface area contributed by atoms with Gasteiger partial charge in [-0.2, -0.15) is 0 Å². The second kappa shape index (κ2) is 8.06. The van der Waals surface area contributed by atoms with E-state index < -0.39 is 24.1 Å². The third-order valence-electron chi connectivity index (χ3n) is 6.00. The molecule has 5 nitrogen and oxygen atoms in total. The molecule has 0 spiro atoms. The van der Waals surface area contributed by atoms with Crippen LogP contribution in [0.25, 0.3) is 10.8 Å². The lowest BCUT2D eigenvalue weighted by Crippen LogP contribution is -2.41. The highest BCUT2D eigenvalue weighted by Crippen LogP contribution is 2.37. The molecule has 0 N–H and O–H groups in total. The van der Waals surface area contributed by atoms with E-state index in [1.54, 1.807) is 18.2 Å². The first-order chi connectivity index (χ1) is 14.7. The zero-order chi connectivity index (χ0) is 22.2. The number of rotatable bonds is 5. The van der Waals surface area contributed by atoms with Crippen LogP contribution in [0.2, 0.25) is 0 Å². The molecule has 0 radical (unpaired) electrons. The number of aromatic nitrogens is 1. The smallest absolute Gasteiger partial charge is 0.461 e. The highest BCUT2D eigenvalue weighted by molar-refractivity contribution is 6.62. The maximum Gasteiger partial charge on any atom is 0.497 e. The number of benzene rings is 2. The lowest BCUT2D eigenvalue weighted by Gasteiger charge is -2.32. The SMILES string of the molecule is CC1(C)OB(c2ccc3cc(CC(=O)OCc4ccccc4)ncc3c2F)OC1(C)C. The van der Waals surface area contributed by atoms with Crippen molar-refractivity contribution >= 4 is 29.3 Å². The zero-order valence-electron chi connectivity index (χ0n) is 18.1. The summed E-state index contributed by atoms with van der Waals surface area (Å²) in [4.78, 5) is 16.4. The quantitative estimate of drug-likeness (QED) is 0.461. The number of hydrogen-bond acceptors (Lipinski definition) is 5. The van der Waals surface area contributed by atoms with Gasteiger partial charge in [0.25, 0.3) is 0 Å². The van der Waals surface area contributed by atoms with E-state index in [0.717, 1.165) is 5.56 Å². The number of halogens is 1. The zero-order valence-corrected chi connectivity index (χ0v) is 18.1. The van der Waals surface area contributed by atoms with Gasteiger partial charge in [0.2, 0.25) is 0 Å². The average molecular weight is 421 g/mol. The molecule has 3 aromatic rings. The second-order valence-electron chi connectivity index (χ2n) is 8.78. The number of carbonyl (C=O) groups excluding carboxylic acids is 1. The Morgan fingerprint density at radius 1 is 1.06 bits per heavy atom. The Labute approximate surface area is 181 Å². The van der Waals surface area contributed by atoms with Gasteiger partial charge in [-0.15, -0.1) is 0 Å². The average Bonchev–Trinajstić information content (AvgIpc) is 2.94. The molecule has 1 aliphatic heterocycles. The van der Waals surface area contributed by atoms with Crippen LogP contribution in [-0.2, 0) is 31.9 Å². The highest BCUT2D eigenvalue weighted by Gasteiger charge is 2.52. The normalized spacial score (nSPS) is 17.1. The van der Waals surface area contributed by atoms with Crippen molar-refractivity contribution < 1.29 is 23.2 Å². The summed E-state index contributed by atoms with van der Waals surface area (Å²) in [5, 5.41) is 1.01. The number of esters is 1. The van der Waals surface area contributed by atoms with E-state index in [1.807, 2.05) is 58.0 Å². The van der Waals surface area contributed by atoms with Crippen LogP contribution in [-0.4, -0.2) is 29.3 Å². The van der Waals surface area contributed by atoms with Crippen LogP contribution in [0.4, 0.5) is 4.39 Å². The lowest BCUT2D eigenvalue weighted by molar-refractivity contribution is -0.144. The first-order valence-corrected chi connectivity index (χ1v) is 10.3. The van der Waals surface area contributed by atoms with Crippen molar-refractivity contribution in [3.63, 3.8) is 0 Å². The first kappa shape index (κ1) is 21.5. The molecule has 2 heterocycles. The molecule has 0 aliphatic carbocycles. The molecule has 160 valence electrons. The largest absolute Gasteiger partial charge is 0.497 e. The van der Waals surface area contributed by atoms with E-state index in [0.29, 0.717) is 21.9 Å². The van der Waals surface area contributed by atoms with E-state index >= 15 is 4.39 Å². The highest BCUT2D eigenvalue weighted by atomic mass is 19.1.